The molecule has 0 bridgehead atoms. The quantitative estimate of drug-likeness (QED) is 0.578. The highest BCUT2D eigenvalue weighted by Crippen LogP contribution is 2.33. The van der Waals surface area contributed by atoms with E-state index < -0.39 is 0 Å². The van der Waals surface area contributed by atoms with Crippen LogP contribution in [-0.4, -0.2) is 49.3 Å². The van der Waals surface area contributed by atoms with E-state index in [4.69, 9.17) is 15.2 Å². The summed E-state index contributed by atoms with van der Waals surface area (Å²) < 4.78 is 11.8. The van der Waals surface area contributed by atoms with Gasteiger partial charge in [0.15, 0.2) is 0 Å². The molecule has 2 heterocycles. The predicted molar refractivity (Wildman–Crippen MR) is 118 cm³/mol. The number of pyridine rings is 1. The number of benzene rings is 2. The Bertz CT molecular complexity index is 938. The summed E-state index contributed by atoms with van der Waals surface area (Å²) in [5, 5.41) is 2.18. The summed E-state index contributed by atoms with van der Waals surface area (Å²) in [6.45, 7) is 5.34. The summed E-state index contributed by atoms with van der Waals surface area (Å²) in [6.07, 6.45) is 4.00. The normalized spacial score (nSPS) is 14.9. The molecule has 0 saturated carbocycles. The molecule has 0 spiro atoms. The smallest absolute Gasteiger partial charge is 0.127 e. The van der Waals surface area contributed by atoms with E-state index in [1.807, 2.05) is 30.3 Å². The molecule has 0 aliphatic carbocycles. The Hall–Kier alpha value is -2.63. The average Bonchev–Trinajstić information content (AvgIpc) is 2.77. The Morgan fingerprint density at radius 1 is 0.828 bits per heavy atom. The van der Waals surface area contributed by atoms with Crippen LogP contribution >= 0.6 is 0 Å². The molecular formula is C24H29N3O2. The molecule has 2 N–H and O–H groups in total. The van der Waals surface area contributed by atoms with Gasteiger partial charge in [-0.25, -0.2) is 4.98 Å². The van der Waals surface area contributed by atoms with Crippen LogP contribution in [0.5, 0.6) is 5.75 Å². The molecule has 1 fully saturated rings. The number of fused-ring (bicyclic) bond motifs is 1. The van der Waals surface area contributed by atoms with Crippen LogP contribution in [0.3, 0.4) is 0 Å². The molecule has 1 aliphatic rings. The molecule has 152 valence electrons. The molecule has 1 saturated heterocycles. The lowest BCUT2D eigenvalue weighted by Gasteiger charge is -2.26. The van der Waals surface area contributed by atoms with E-state index >= 15 is 0 Å². The minimum atomic E-state index is 0.522. The Kier molecular flexibility index (Phi) is 6.60. The lowest BCUT2D eigenvalue weighted by Crippen LogP contribution is -2.32. The van der Waals surface area contributed by atoms with Crippen LogP contribution in [0.15, 0.2) is 54.6 Å². The van der Waals surface area contributed by atoms with Crippen molar-refractivity contribution in [3.05, 3.63) is 54.6 Å². The first kappa shape index (κ1) is 19.7. The molecule has 4 rings (SSSR count). The van der Waals surface area contributed by atoms with E-state index in [0.29, 0.717) is 19.0 Å². The van der Waals surface area contributed by atoms with Crippen LogP contribution in [-0.2, 0) is 4.74 Å². The molecule has 0 amide bonds. The molecule has 5 heteroatoms. The summed E-state index contributed by atoms with van der Waals surface area (Å²) in [5.41, 5.74) is 7.79. The largest absolute Gasteiger partial charge is 0.491 e. The second kappa shape index (κ2) is 9.72. The molecule has 2 aromatic carbocycles. The minimum Gasteiger partial charge on any atom is -0.491 e. The fraction of sp³-hybridized carbons (Fsp3) is 0.375. The van der Waals surface area contributed by atoms with Gasteiger partial charge < -0.3 is 20.1 Å². The average molecular weight is 392 g/mol. The Balaban J connectivity index is 1.36. The highest BCUT2D eigenvalue weighted by atomic mass is 16.5. The van der Waals surface area contributed by atoms with Crippen molar-refractivity contribution in [3.8, 4) is 17.0 Å². The van der Waals surface area contributed by atoms with Gasteiger partial charge in [-0.1, -0.05) is 36.8 Å². The number of hydrogen-bond donors (Lipinski definition) is 1. The van der Waals surface area contributed by atoms with Crippen molar-refractivity contribution in [2.24, 2.45) is 0 Å². The fourth-order valence-electron chi connectivity index (χ4n) is 3.91. The highest BCUT2D eigenvalue weighted by Gasteiger charge is 2.11. The Labute approximate surface area is 172 Å². The zero-order valence-electron chi connectivity index (χ0n) is 16.8. The number of nitrogens with two attached hydrogens (primary N) is 1. The maximum Gasteiger partial charge on any atom is 0.127 e. The van der Waals surface area contributed by atoms with Crippen molar-refractivity contribution in [2.75, 3.05) is 45.2 Å². The van der Waals surface area contributed by atoms with Crippen LogP contribution in [0, 0.1) is 0 Å². The van der Waals surface area contributed by atoms with Gasteiger partial charge >= 0.3 is 0 Å². The third kappa shape index (κ3) is 5.05. The second-order valence-corrected chi connectivity index (χ2v) is 7.47. The van der Waals surface area contributed by atoms with Gasteiger partial charge in [-0.15, -0.1) is 0 Å². The van der Waals surface area contributed by atoms with E-state index in [2.05, 4.69) is 28.1 Å². The number of anilines is 1. The number of ether oxygens (including phenoxy) is 2. The Morgan fingerprint density at radius 2 is 1.66 bits per heavy atom. The molecule has 0 radical (unpaired) electrons. The number of hydrogen-bond acceptors (Lipinski definition) is 5. The fourth-order valence-corrected chi connectivity index (χ4v) is 3.91. The first-order valence-electron chi connectivity index (χ1n) is 10.5. The standard InChI is InChI=1S/C24H29N3O2/c25-24-10-6-9-22(26-24)20-11-12-23(21-8-3-2-7-19(20)21)29-18-17-28-16-15-27-13-4-1-5-14-27/h2-3,6-12H,1,4-5,13-18H2,(H2,25,26). The SMILES string of the molecule is Nc1cccc(-c2ccc(OCCOCCN3CCCCC3)c3ccccc23)n1. The van der Waals surface area contributed by atoms with E-state index in [1.54, 1.807) is 6.07 Å². The molecule has 1 aromatic heterocycles. The first-order valence-corrected chi connectivity index (χ1v) is 10.5. The number of aromatic nitrogens is 1. The third-order valence-electron chi connectivity index (χ3n) is 5.42. The third-order valence-corrected chi connectivity index (χ3v) is 5.42. The zero-order valence-corrected chi connectivity index (χ0v) is 16.8. The molecule has 5 nitrogen and oxygen atoms in total. The van der Waals surface area contributed by atoms with Crippen molar-refractivity contribution in [2.45, 2.75) is 19.3 Å². The predicted octanol–water partition coefficient (Wildman–Crippen LogP) is 4.37. The number of nitrogen functional groups attached to an aromatic ring is 1. The van der Waals surface area contributed by atoms with Crippen molar-refractivity contribution < 1.29 is 9.47 Å². The second-order valence-electron chi connectivity index (χ2n) is 7.47. The first-order chi connectivity index (χ1) is 14.3. The van der Waals surface area contributed by atoms with Crippen LogP contribution in [0.25, 0.3) is 22.0 Å². The molecule has 3 aromatic rings. The van der Waals surface area contributed by atoms with E-state index in [0.717, 1.165) is 40.9 Å². The van der Waals surface area contributed by atoms with Gasteiger partial charge in [0.1, 0.15) is 18.2 Å². The number of rotatable bonds is 8. The lowest BCUT2D eigenvalue weighted by molar-refractivity contribution is 0.0754. The summed E-state index contributed by atoms with van der Waals surface area (Å²) >= 11 is 0. The van der Waals surface area contributed by atoms with E-state index in [1.165, 1.54) is 32.4 Å². The van der Waals surface area contributed by atoms with Gasteiger partial charge in [0.05, 0.1) is 18.9 Å². The van der Waals surface area contributed by atoms with E-state index in [-0.39, 0.29) is 0 Å². The maximum absolute atomic E-state index is 6.04. The summed E-state index contributed by atoms with van der Waals surface area (Å²) in [6, 6.07) is 18.0. The molecule has 0 unspecified atom stereocenters. The van der Waals surface area contributed by atoms with Crippen LogP contribution in [0.2, 0.25) is 0 Å². The van der Waals surface area contributed by atoms with E-state index in [9.17, 15) is 0 Å². The van der Waals surface area contributed by atoms with Gasteiger partial charge in [0, 0.05) is 17.5 Å². The van der Waals surface area contributed by atoms with Crippen LogP contribution in [0.1, 0.15) is 19.3 Å². The number of nitrogens with zero attached hydrogens (tertiary/aromatic N) is 2. The van der Waals surface area contributed by atoms with Crippen LogP contribution < -0.4 is 10.5 Å². The highest BCUT2D eigenvalue weighted by molar-refractivity contribution is 5.99. The van der Waals surface area contributed by atoms with Crippen LogP contribution in [0.4, 0.5) is 5.82 Å². The van der Waals surface area contributed by atoms with Crippen molar-refractivity contribution >= 4 is 16.6 Å². The number of likely N-dealkylation sites (tertiary alicyclic amines) is 1. The number of piperidine rings is 1. The van der Waals surface area contributed by atoms with Gasteiger partial charge in [-0.3, -0.25) is 0 Å². The van der Waals surface area contributed by atoms with Gasteiger partial charge in [-0.2, -0.15) is 0 Å². The van der Waals surface area contributed by atoms with Gasteiger partial charge in [-0.05, 0) is 55.6 Å². The minimum absolute atomic E-state index is 0.522. The maximum atomic E-state index is 6.04. The van der Waals surface area contributed by atoms with Crippen molar-refractivity contribution in [3.63, 3.8) is 0 Å². The summed E-state index contributed by atoms with van der Waals surface area (Å²) in [7, 11) is 0. The topological polar surface area (TPSA) is 60.6 Å². The molecule has 0 atom stereocenters. The monoisotopic (exact) mass is 391 g/mol. The summed E-state index contributed by atoms with van der Waals surface area (Å²) in [5.74, 6) is 1.39. The van der Waals surface area contributed by atoms with Gasteiger partial charge in [0.2, 0.25) is 0 Å². The lowest BCUT2D eigenvalue weighted by atomic mass is 10.0. The van der Waals surface area contributed by atoms with Gasteiger partial charge in [0.25, 0.3) is 0 Å². The Morgan fingerprint density at radius 3 is 2.48 bits per heavy atom. The molecule has 1 aliphatic heterocycles. The molecule has 29 heavy (non-hydrogen) atoms. The van der Waals surface area contributed by atoms with Crippen molar-refractivity contribution in [1.82, 2.24) is 9.88 Å². The molecular weight excluding hydrogens is 362 g/mol. The summed E-state index contributed by atoms with van der Waals surface area (Å²) in [4.78, 5) is 6.96. The zero-order chi connectivity index (χ0) is 19.9. The van der Waals surface area contributed by atoms with Crippen molar-refractivity contribution in [1.29, 1.82) is 0 Å².